The lowest BCUT2D eigenvalue weighted by Gasteiger charge is -2.06. The molecule has 1 aliphatic rings. The molecule has 2 aromatic rings. The second kappa shape index (κ2) is 7.41. The Balaban J connectivity index is 1.77. The molecule has 3 rings (SSSR count). The van der Waals surface area contributed by atoms with Gasteiger partial charge in [0.05, 0.1) is 6.61 Å². The van der Waals surface area contributed by atoms with E-state index in [1.807, 2.05) is 25.1 Å². The number of nitrogens with zero attached hydrogens (tertiary/aromatic N) is 1. The summed E-state index contributed by atoms with van der Waals surface area (Å²) >= 11 is 0. The van der Waals surface area contributed by atoms with E-state index in [9.17, 15) is 10.1 Å². The van der Waals surface area contributed by atoms with Crippen molar-refractivity contribution in [3.8, 4) is 23.3 Å². The maximum absolute atomic E-state index is 12.4. The molecule has 0 aliphatic carbocycles. The van der Waals surface area contributed by atoms with E-state index in [1.54, 1.807) is 30.3 Å². The predicted octanol–water partition coefficient (Wildman–Crippen LogP) is 3.36. The zero-order chi connectivity index (χ0) is 17.6. The minimum absolute atomic E-state index is 0.00804. The van der Waals surface area contributed by atoms with Crippen LogP contribution in [-0.2, 0) is 4.79 Å². The molecule has 2 aromatic carbocycles. The number of anilines is 1. The van der Waals surface area contributed by atoms with Crippen LogP contribution in [0.25, 0.3) is 6.08 Å². The van der Waals surface area contributed by atoms with Crippen molar-refractivity contribution in [1.82, 2.24) is 0 Å². The van der Waals surface area contributed by atoms with Gasteiger partial charge >= 0.3 is 0 Å². The van der Waals surface area contributed by atoms with Gasteiger partial charge in [0.2, 0.25) is 6.79 Å². The van der Waals surface area contributed by atoms with Crippen molar-refractivity contribution in [2.45, 2.75) is 6.92 Å². The van der Waals surface area contributed by atoms with Gasteiger partial charge in [-0.3, -0.25) is 4.79 Å². The summed E-state index contributed by atoms with van der Waals surface area (Å²) in [7, 11) is 0. The van der Waals surface area contributed by atoms with Gasteiger partial charge in [-0.15, -0.1) is 0 Å². The Labute approximate surface area is 145 Å². The molecule has 0 unspecified atom stereocenters. The highest BCUT2D eigenvalue weighted by molar-refractivity contribution is 6.09. The third kappa shape index (κ3) is 3.90. The fourth-order valence-electron chi connectivity index (χ4n) is 2.35. The number of rotatable bonds is 5. The summed E-state index contributed by atoms with van der Waals surface area (Å²) in [4.78, 5) is 12.4. The van der Waals surface area contributed by atoms with Crippen LogP contribution < -0.4 is 19.5 Å². The molecule has 0 spiro atoms. The number of fused-ring (bicyclic) bond motifs is 1. The quantitative estimate of drug-likeness (QED) is 0.669. The zero-order valence-electron chi connectivity index (χ0n) is 13.6. The summed E-state index contributed by atoms with van der Waals surface area (Å²) in [5.74, 6) is 1.37. The number of hydrogen-bond acceptors (Lipinski definition) is 5. The number of nitriles is 1. The Morgan fingerprint density at radius 2 is 2.12 bits per heavy atom. The average molecular weight is 336 g/mol. The Kier molecular flexibility index (Phi) is 4.86. The molecule has 0 bridgehead atoms. The average Bonchev–Trinajstić information content (AvgIpc) is 3.08. The van der Waals surface area contributed by atoms with Crippen molar-refractivity contribution in [1.29, 1.82) is 5.26 Å². The predicted molar refractivity (Wildman–Crippen MR) is 92.4 cm³/mol. The van der Waals surface area contributed by atoms with Gasteiger partial charge < -0.3 is 19.5 Å². The van der Waals surface area contributed by atoms with E-state index in [0.29, 0.717) is 35.1 Å². The molecular weight excluding hydrogens is 320 g/mol. The monoisotopic (exact) mass is 336 g/mol. The molecule has 0 radical (unpaired) electrons. The smallest absolute Gasteiger partial charge is 0.266 e. The van der Waals surface area contributed by atoms with Crippen LogP contribution in [-0.4, -0.2) is 19.3 Å². The highest BCUT2D eigenvalue weighted by atomic mass is 16.7. The lowest BCUT2D eigenvalue weighted by molar-refractivity contribution is -0.112. The fourth-order valence-corrected chi connectivity index (χ4v) is 2.35. The van der Waals surface area contributed by atoms with Crippen molar-refractivity contribution in [3.63, 3.8) is 0 Å². The first-order valence-electron chi connectivity index (χ1n) is 7.75. The summed E-state index contributed by atoms with van der Waals surface area (Å²) in [6, 6.07) is 14.2. The van der Waals surface area contributed by atoms with Crippen LogP contribution in [0.5, 0.6) is 17.2 Å². The van der Waals surface area contributed by atoms with Gasteiger partial charge in [-0.2, -0.15) is 5.26 Å². The van der Waals surface area contributed by atoms with Crippen LogP contribution in [0.2, 0.25) is 0 Å². The van der Waals surface area contributed by atoms with Crippen molar-refractivity contribution >= 4 is 17.7 Å². The van der Waals surface area contributed by atoms with Gasteiger partial charge in [-0.25, -0.2) is 0 Å². The first kappa shape index (κ1) is 16.4. The van der Waals surface area contributed by atoms with E-state index in [0.717, 1.165) is 0 Å². The maximum Gasteiger partial charge on any atom is 0.266 e. The molecule has 0 fully saturated rings. The fraction of sp³-hybridized carbons (Fsp3) is 0.158. The molecule has 0 saturated heterocycles. The molecule has 126 valence electrons. The number of benzene rings is 2. The summed E-state index contributed by atoms with van der Waals surface area (Å²) in [6.07, 6.45) is 1.52. The molecule has 6 nitrogen and oxygen atoms in total. The van der Waals surface area contributed by atoms with Crippen LogP contribution in [0.1, 0.15) is 12.5 Å². The van der Waals surface area contributed by atoms with Gasteiger partial charge in [0.25, 0.3) is 5.91 Å². The lowest BCUT2D eigenvalue weighted by atomic mass is 10.1. The Morgan fingerprint density at radius 3 is 2.92 bits per heavy atom. The maximum atomic E-state index is 12.4. The van der Waals surface area contributed by atoms with Crippen LogP contribution >= 0.6 is 0 Å². The van der Waals surface area contributed by atoms with Crippen molar-refractivity contribution in [3.05, 3.63) is 53.6 Å². The molecule has 1 amide bonds. The summed E-state index contributed by atoms with van der Waals surface area (Å²) in [5.41, 5.74) is 1.23. The highest BCUT2D eigenvalue weighted by Gasteiger charge is 2.15. The number of hydrogen-bond donors (Lipinski definition) is 1. The molecule has 1 N–H and O–H groups in total. The van der Waals surface area contributed by atoms with E-state index in [2.05, 4.69) is 5.32 Å². The highest BCUT2D eigenvalue weighted by Crippen LogP contribution is 2.34. The van der Waals surface area contributed by atoms with Crippen LogP contribution in [0.4, 0.5) is 5.69 Å². The summed E-state index contributed by atoms with van der Waals surface area (Å²) in [5, 5.41) is 12.0. The minimum atomic E-state index is -0.497. The topological polar surface area (TPSA) is 80.6 Å². The van der Waals surface area contributed by atoms with Crippen LogP contribution in [0, 0.1) is 11.3 Å². The number of nitrogens with one attached hydrogen (secondary N) is 1. The molecule has 0 saturated carbocycles. The molecule has 0 aromatic heterocycles. The van der Waals surface area contributed by atoms with Gasteiger partial charge in [-0.1, -0.05) is 12.1 Å². The Bertz CT molecular complexity index is 868. The van der Waals surface area contributed by atoms with Crippen LogP contribution in [0.15, 0.2) is 48.0 Å². The molecule has 25 heavy (non-hydrogen) atoms. The normalized spacial score (nSPS) is 12.4. The molecule has 1 aliphatic heterocycles. The van der Waals surface area contributed by atoms with Crippen molar-refractivity contribution in [2.24, 2.45) is 0 Å². The van der Waals surface area contributed by atoms with E-state index >= 15 is 0 Å². The second-order valence-electron chi connectivity index (χ2n) is 5.20. The van der Waals surface area contributed by atoms with Crippen LogP contribution in [0.3, 0.4) is 0 Å². The Hall–Kier alpha value is -3.46. The number of amides is 1. The molecular formula is C19H16N2O4. The third-order valence-electron chi connectivity index (χ3n) is 3.48. The number of ether oxygens (including phenoxy) is 3. The number of carbonyl (C=O) groups is 1. The molecule has 0 atom stereocenters. The van der Waals surface area contributed by atoms with E-state index in [1.165, 1.54) is 6.08 Å². The lowest BCUT2D eigenvalue weighted by Crippen LogP contribution is -2.13. The molecule has 6 heteroatoms. The van der Waals surface area contributed by atoms with E-state index in [4.69, 9.17) is 14.2 Å². The van der Waals surface area contributed by atoms with Gasteiger partial charge in [-0.05, 0) is 42.8 Å². The SMILES string of the molecule is CCOc1cccc(/C=C(\C#N)C(=O)Nc2ccc3c(c2)OCO3)c1. The minimum Gasteiger partial charge on any atom is -0.494 e. The number of carbonyl (C=O) groups excluding carboxylic acids is 1. The largest absolute Gasteiger partial charge is 0.494 e. The zero-order valence-corrected chi connectivity index (χ0v) is 13.6. The van der Waals surface area contributed by atoms with Gasteiger partial charge in [0.1, 0.15) is 17.4 Å². The molecule has 1 heterocycles. The van der Waals surface area contributed by atoms with Gasteiger partial charge in [0.15, 0.2) is 11.5 Å². The summed E-state index contributed by atoms with van der Waals surface area (Å²) < 4.78 is 15.9. The third-order valence-corrected chi connectivity index (χ3v) is 3.48. The first-order valence-corrected chi connectivity index (χ1v) is 7.75. The second-order valence-corrected chi connectivity index (χ2v) is 5.20. The standard InChI is InChI=1S/C19H16N2O4/c1-2-23-16-5-3-4-13(9-16)8-14(11-20)19(22)21-15-6-7-17-18(10-15)25-12-24-17/h3-10H,2,12H2,1H3,(H,21,22)/b14-8+. The van der Waals surface area contributed by atoms with Crippen molar-refractivity contribution < 1.29 is 19.0 Å². The summed E-state index contributed by atoms with van der Waals surface area (Å²) in [6.45, 7) is 2.59. The van der Waals surface area contributed by atoms with Gasteiger partial charge in [0, 0.05) is 11.8 Å². The van der Waals surface area contributed by atoms with E-state index in [-0.39, 0.29) is 12.4 Å². The van der Waals surface area contributed by atoms with E-state index < -0.39 is 5.91 Å². The Morgan fingerprint density at radius 1 is 1.28 bits per heavy atom. The first-order chi connectivity index (χ1) is 12.2. The van der Waals surface area contributed by atoms with Crippen molar-refractivity contribution in [2.75, 3.05) is 18.7 Å².